The summed E-state index contributed by atoms with van der Waals surface area (Å²) in [5, 5.41) is 5.32. The van der Waals surface area contributed by atoms with E-state index in [1.807, 2.05) is 50.2 Å². The number of fused-ring (bicyclic) bond motifs is 1. The van der Waals surface area contributed by atoms with E-state index in [1.165, 1.54) is 12.3 Å². The molecule has 9 heteroatoms. The van der Waals surface area contributed by atoms with Gasteiger partial charge in [-0.25, -0.2) is 14.2 Å². The molecule has 32 heavy (non-hydrogen) atoms. The molecule has 3 aromatic heterocycles. The minimum atomic E-state index is -0.452. The zero-order valence-electron chi connectivity index (χ0n) is 18.1. The molecule has 0 spiro atoms. The Morgan fingerprint density at radius 3 is 2.69 bits per heavy atom. The van der Waals surface area contributed by atoms with Crippen LogP contribution in [0.4, 0.5) is 15.1 Å². The number of aromatic amines is 1. The molecule has 0 aliphatic heterocycles. The Kier molecular flexibility index (Phi) is 6.09. The van der Waals surface area contributed by atoms with Gasteiger partial charge < -0.3 is 15.2 Å². The van der Waals surface area contributed by atoms with Gasteiger partial charge in [0.25, 0.3) is 0 Å². The van der Waals surface area contributed by atoms with Crippen LogP contribution in [0.1, 0.15) is 12.6 Å². The number of amides is 2. The number of H-pyrrole nitrogens is 1. The molecule has 2 amide bonds. The highest BCUT2D eigenvalue weighted by Crippen LogP contribution is 2.34. The van der Waals surface area contributed by atoms with Crippen molar-refractivity contribution in [3.8, 4) is 22.4 Å². The summed E-state index contributed by atoms with van der Waals surface area (Å²) in [7, 11) is 3.98. The number of halogens is 1. The highest BCUT2D eigenvalue weighted by molar-refractivity contribution is 5.98. The highest BCUT2D eigenvalue weighted by atomic mass is 19.1. The van der Waals surface area contributed by atoms with Crippen molar-refractivity contribution in [3.05, 3.63) is 60.3 Å². The van der Waals surface area contributed by atoms with Gasteiger partial charge in [0.2, 0.25) is 5.95 Å². The Morgan fingerprint density at radius 1 is 1.16 bits per heavy atom. The number of urea groups is 1. The number of hydrogen-bond acceptors (Lipinski definition) is 5. The number of benzene rings is 1. The standard InChI is InChI=1S/C23H24FN7O/c1-4-25-23(32)30-22-28-19-11-15(14-7-8-16(27-12-14)13-31(2)3)10-17(21(19)29-22)20-18(24)6-5-9-26-20/h5-12H,4,13H2,1-3H3,(H3,25,28,29,30,32). The van der Waals surface area contributed by atoms with Crippen LogP contribution < -0.4 is 10.6 Å². The molecule has 3 heterocycles. The molecule has 0 radical (unpaired) electrons. The fourth-order valence-electron chi connectivity index (χ4n) is 3.43. The zero-order chi connectivity index (χ0) is 22.7. The first-order valence-corrected chi connectivity index (χ1v) is 10.2. The van der Waals surface area contributed by atoms with Gasteiger partial charge in [0.05, 0.1) is 11.2 Å². The number of hydrogen-bond donors (Lipinski definition) is 3. The molecular weight excluding hydrogens is 409 g/mol. The number of anilines is 1. The molecule has 0 aliphatic carbocycles. The van der Waals surface area contributed by atoms with Gasteiger partial charge >= 0.3 is 6.03 Å². The van der Waals surface area contributed by atoms with E-state index in [1.54, 1.807) is 12.3 Å². The number of imidazole rings is 1. The Balaban J connectivity index is 1.82. The normalized spacial score (nSPS) is 11.2. The number of carbonyl (C=O) groups is 1. The quantitative estimate of drug-likeness (QED) is 0.426. The van der Waals surface area contributed by atoms with Crippen LogP contribution in [0.5, 0.6) is 0 Å². The van der Waals surface area contributed by atoms with Crippen LogP contribution in [0.15, 0.2) is 48.8 Å². The zero-order valence-corrected chi connectivity index (χ0v) is 18.1. The fraction of sp³-hybridized carbons (Fsp3) is 0.217. The van der Waals surface area contributed by atoms with Crippen molar-refractivity contribution in [3.63, 3.8) is 0 Å². The maximum atomic E-state index is 14.6. The molecule has 0 aliphatic rings. The van der Waals surface area contributed by atoms with Gasteiger partial charge in [0.1, 0.15) is 17.0 Å². The first-order chi connectivity index (χ1) is 15.4. The molecule has 4 aromatic rings. The van der Waals surface area contributed by atoms with E-state index in [0.717, 1.165) is 23.4 Å². The molecule has 4 rings (SSSR count). The second-order valence-corrected chi connectivity index (χ2v) is 7.60. The van der Waals surface area contributed by atoms with Gasteiger partial charge in [-0.3, -0.25) is 15.3 Å². The summed E-state index contributed by atoms with van der Waals surface area (Å²) in [5.41, 5.74) is 4.52. The lowest BCUT2D eigenvalue weighted by molar-refractivity contribution is 0.252. The van der Waals surface area contributed by atoms with Crippen molar-refractivity contribution in [1.82, 2.24) is 30.2 Å². The predicted octanol–water partition coefficient (Wildman–Crippen LogP) is 4.03. The Labute approximate surface area is 184 Å². The molecule has 3 N–H and O–H groups in total. The predicted molar refractivity (Wildman–Crippen MR) is 123 cm³/mol. The van der Waals surface area contributed by atoms with Gasteiger partial charge in [-0.2, -0.15) is 0 Å². The summed E-state index contributed by atoms with van der Waals surface area (Å²) in [6, 6.07) is 10.2. The first-order valence-electron chi connectivity index (χ1n) is 10.2. The molecule has 164 valence electrons. The lowest BCUT2D eigenvalue weighted by Gasteiger charge is -2.10. The number of nitrogens with zero attached hydrogens (tertiary/aromatic N) is 4. The van der Waals surface area contributed by atoms with Gasteiger partial charge in [-0.15, -0.1) is 0 Å². The second-order valence-electron chi connectivity index (χ2n) is 7.60. The first kappa shape index (κ1) is 21.4. The topological polar surface area (TPSA) is 98.8 Å². The number of aromatic nitrogens is 4. The molecule has 0 unspecified atom stereocenters. The smallest absolute Gasteiger partial charge is 0.321 e. The lowest BCUT2D eigenvalue weighted by atomic mass is 10.0. The van der Waals surface area contributed by atoms with Gasteiger partial charge in [0, 0.05) is 36.6 Å². The molecule has 0 saturated carbocycles. The van der Waals surface area contributed by atoms with Crippen LogP contribution in [0.2, 0.25) is 0 Å². The van der Waals surface area contributed by atoms with E-state index in [4.69, 9.17) is 0 Å². The fourth-order valence-corrected chi connectivity index (χ4v) is 3.43. The maximum Gasteiger partial charge on any atom is 0.321 e. The van der Waals surface area contributed by atoms with Crippen LogP contribution in [-0.4, -0.2) is 51.5 Å². The third-order valence-corrected chi connectivity index (χ3v) is 4.81. The van der Waals surface area contributed by atoms with Crippen LogP contribution in [0.25, 0.3) is 33.4 Å². The van der Waals surface area contributed by atoms with Crippen molar-refractivity contribution >= 4 is 23.0 Å². The number of pyridine rings is 2. The number of carbonyl (C=O) groups excluding carboxylic acids is 1. The Morgan fingerprint density at radius 2 is 2.00 bits per heavy atom. The summed E-state index contributed by atoms with van der Waals surface area (Å²) in [6.45, 7) is 3.04. The Hall–Kier alpha value is -3.85. The van der Waals surface area contributed by atoms with E-state index < -0.39 is 5.82 Å². The van der Waals surface area contributed by atoms with Crippen LogP contribution in [0.3, 0.4) is 0 Å². The lowest BCUT2D eigenvalue weighted by Crippen LogP contribution is -2.28. The summed E-state index contributed by atoms with van der Waals surface area (Å²) in [4.78, 5) is 30.3. The minimum absolute atomic E-state index is 0.188. The van der Waals surface area contributed by atoms with Crippen molar-refractivity contribution in [2.75, 3.05) is 26.0 Å². The molecule has 0 saturated heterocycles. The van der Waals surface area contributed by atoms with E-state index in [9.17, 15) is 9.18 Å². The number of nitrogens with one attached hydrogen (secondary N) is 3. The van der Waals surface area contributed by atoms with E-state index >= 15 is 0 Å². The van der Waals surface area contributed by atoms with E-state index in [2.05, 4.69) is 30.6 Å². The van der Waals surface area contributed by atoms with Crippen LogP contribution in [-0.2, 0) is 6.54 Å². The van der Waals surface area contributed by atoms with E-state index in [-0.39, 0.29) is 17.7 Å². The SMILES string of the molecule is CCNC(=O)Nc1nc2c(-c3ncccc3F)cc(-c3ccc(CN(C)C)nc3)cc2[nH]1. The maximum absolute atomic E-state index is 14.6. The summed E-state index contributed by atoms with van der Waals surface area (Å²) < 4.78 is 14.6. The number of rotatable bonds is 6. The summed E-state index contributed by atoms with van der Waals surface area (Å²) in [6.07, 6.45) is 3.33. The molecule has 8 nitrogen and oxygen atoms in total. The van der Waals surface area contributed by atoms with Gasteiger partial charge in [-0.05, 0) is 56.9 Å². The van der Waals surface area contributed by atoms with Crippen molar-refractivity contribution in [1.29, 1.82) is 0 Å². The van der Waals surface area contributed by atoms with E-state index in [0.29, 0.717) is 23.1 Å². The van der Waals surface area contributed by atoms with Crippen molar-refractivity contribution < 1.29 is 9.18 Å². The Bertz CT molecular complexity index is 1250. The van der Waals surface area contributed by atoms with Gasteiger partial charge in [-0.1, -0.05) is 6.07 Å². The second kappa shape index (κ2) is 9.11. The van der Waals surface area contributed by atoms with Crippen molar-refractivity contribution in [2.45, 2.75) is 13.5 Å². The third-order valence-electron chi connectivity index (χ3n) is 4.81. The van der Waals surface area contributed by atoms with Gasteiger partial charge in [0.15, 0.2) is 0 Å². The average Bonchev–Trinajstić information content (AvgIpc) is 3.16. The molecular formula is C23H24FN7O. The largest absolute Gasteiger partial charge is 0.338 e. The average molecular weight is 433 g/mol. The molecule has 0 atom stereocenters. The molecule has 0 fully saturated rings. The summed E-state index contributed by atoms with van der Waals surface area (Å²) in [5.74, 6) is -0.188. The third kappa shape index (κ3) is 4.57. The molecule has 0 bridgehead atoms. The van der Waals surface area contributed by atoms with Crippen molar-refractivity contribution in [2.24, 2.45) is 0 Å². The van der Waals surface area contributed by atoms with Crippen LogP contribution in [0, 0.1) is 5.82 Å². The summed E-state index contributed by atoms with van der Waals surface area (Å²) >= 11 is 0. The van der Waals surface area contributed by atoms with Crippen LogP contribution >= 0.6 is 0 Å². The highest BCUT2D eigenvalue weighted by Gasteiger charge is 2.17. The minimum Gasteiger partial charge on any atom is -0.338 e. The monoisotopic (exact) mass is 433 g/mol. The molecule has 1 aromatic carbocycles.